The molecule has 6 saturated heterocycles. The van der Waals surface area contributed by atoms with Gasteiger partial charge >= 0.3 is 5.97 Å². The molecule has 0 aliphatic carbocycles. The van der Waals surface area contributed by atoms with Gasteiger partial charge in [0.15, 0.2) is 17.4 Å². The number of aliphatic carboxylic acids is 1. The maximum Gasteiger partial charge on any atom is 0.311 e. The third-order valence-electron chi connectivity index (χ3n) is 15.2. The van der Waals surface area contributed by atoms with Crippen molar-refractivity contribution in [2.24, 2.45) is 47.3 Å². The van der Waals surface area contributed by atoms with E-state index in [0.29, 0.717) is 19.3 Å². The van der Waals surface area contributed by atoms with Gasteiger partial charge in [-0.15, -0.1) is 0 Å². The number of carboxylic acid groups (broad SMARTS) is 1. The Labute approximate surface area is 345 Å². The molecule has 0 aromatic rings. The van der Waals surface area contributed by atoms with E-state index in [9.17, 15) is 25.2 Å². The molecule has 12 nitrogen and oxygen atoms in total. The summed E-state index contributed by atoms with van der Waals surface area (Å²) in [5, 5.41) is 44.1. The van der Waals surface area contributed by atoms with E-state index in [1.165, 1.54) is 6.92 Å². The van der Waals surface area contributed by atoms with Crippen LogP contribution in [0.15, 0.2) is 0 Å². The van der Waals surface area contributed by atoms with Crippen LogP contribution >= 0.6 is 0 Å². The number of hydrogen-bond donors (Lipinski definition) is 4. The minimum Gasteiger partial charge on any atom is -0.481 e. The molecule has 0 aromatic heterocycles. The molecule has 1 spiro atoms. The van der Waals surface area contributed by atoms with Crippen LogP contribution in [0.4, 0.5) is 0 Å². The van der Waals surface area contributed by atoms with Crippen LogP contribution in [0.25, 0.3) is 0 Å². The largest absolute Gasteiger partial charge is 0.481 e. The second-order valence-corrected chi connectivity index (χ2v) is 19.2. The van der Waals surface area contributed by atoms with Crippen LogP contribution in [0.1, 0.15) is 121 Å². The first-order valence-electron chi connectivity index (χ1n) is 20.5. The summed E-state index contributed by atoms with van der Waals surface area (Å²) >= 11 is 0. The van der Waals surface area contributed by atoms with Crippen LogP contribution in [0.2, 0.25) is 0 Å². The first-order valence-corrected chi connectivity index (χ1v) is 20.5. The number of aliphatic hydroxyl groups is 3. The minimum absolute atomic E-state index is 0. The summed E-state index contributed by atoms with van der Waals surface area (Å²) in [5.74, 6) is -7.35. The molecule has 6 fully saturated rings. The second-order valence-electron chi connectivity index (χ2n) is 19.2. The maximum atomic E-state index is 12.1. The van der Waals surface area contributed by atoms with Gasteiger partial charge in [0, 0.05) is 79.1 Å². The van der Waals surface area contributed by atoms with E-state index in [2.05, 4.69) is 27.7 Å². The smallest absolute Gasteiger partial charge is 0.311 e. The molecule has 0 amide bonds. The molecule has 6 aliphatic heterocycles. The number of aliphatic hydroxyl groups excluding tert-OH is 1. The Balaban J connectivity index is 0.00000561. The van der Waals surface area contributed by atoms with E-state index in [0.717, 1.165) is 25.7 Å². The summed E-state index contributed by atoms with van der Waals surface area (Å²) in [6.45, 7) is 21.6. The van der Waals surface area contributed by atoms with Gasteiger partial charge in [-0.2, -0.15) is 0 Å². The van der Waals surface area contributed by atoms with Gasteiger partial charge in [-0.05, 0) is 71.6 Å². The third-order valence-corrected chi connectivity index (χ3v) is 15.2. The van der Waals surface area contributed by atoms with Crippen molar-refractivity contribution in [3.8, 4) is 0 Å². The van der Waals surface area contributed by atoms with Crippen LogP contribution in [-0.4, -0.2) is 140 Å². The fourth-order valence-electron chi connectivity index (χ4n) is 11.5. The molecule has 307 valence electrons. The second kappa shape index (κ2) is 15.9. The summed E-state index contributed by atoms with van der Waals surface area (Å²) in [6.07, 6.45) is 2.00. The normalized spacial score (nSPS) is 55.0. The van der Waals surface area contributed by atoms with Gasteiger partial charge in [-0.3, -0.25) is 4.79 Å². The molecule has 21 atom stereocenters. The van der Waals surface area contributed by atoms with E-state index in [4.69, 9.17) is 33.2 Å². The van der Waals surface area contributed by atoms with Crippen molar-refractivity contribution in [1.29, 1.82) is 0 Å². The number of rotatable bonds is 8. The van der Waals surface area contributed by atoms with Gasteiger partial charge in [0.2, 0.25) is 0 Å². The van der Waals surface area contributed by atoms with Crippen molar-refractivity contribution in [2.45, 2.75) is 199 Å². The number of carboxylic acids is 1. The van der Waals surface area contributed by atoms with Crippen molar-refractivity contribution < 1.29 is 58.4 Å². The summed E-state index contributed by atoms with van der Waals surface area (Å²) in [4.78, 5) is 12.1. The average Bonchev–Trinajstić information content (AvgIpc) is 3.78. The van der Waals surface area contributed by atoms with Gasteiger partial charge < -0.3 is 53.6 Å². The Morgan fingerprint density at radius 3 is 2.11 bits per heavy atom. The molecule has 54 heavy (non-hydrogen) atoms. The fourth-order valence-corrected chi connectivity index (χ4v) is 11.5. The fraction of sp³-hybridized carbons (Fsp3) is 0.976. The van der Waals surface area contributed by atoms with Gasteiger partial charge in [0.25, 0.3) is 0 Å². The minimum atomic E-state index is -1.96. The zero-order valence-electron chi connectivity index (χ0n) is 35.2. The first kappa shape index (κ1) is 45.2. The summed E-state index contributed by atoms with van der Waals surface area (Å²) in [5.41, 5.74) is -1.19. The maximum absolute atomic E-state index is 12.1. The Morgan fingerprint density at radius 2 is 1.48 bits per heavy atom. The van der Waals surface area contributed by atoms with E-state index < -0.39 is 70.8 Å². The quantitative estimate of drug-likeness (QED) is 0.248. The molecule has 1 radical (unpaired) electrons. The van der Waals surface area contributed by atoms with Gasteiger partial charge in [0.1, 0.15) is 5.92 Å². The Hall–Kier alpha value is 0.0700. The zero-order valence-corrected chi connectivity index (χ0v) is 37.2. The van der Waals surface area contributed by atoms with Crippen molar-refractivity contribution in [1.82, 2.24) is 0 Å². The van der Waals surface area contributed by atoms with Crippen molar-refractivity contribution >= 4 is 35.5 Å². The van der Waals surface area contributed by atoms with Crippen LogP contribution in [0.5, 0.6) is 0 Å². The molecule has 6 heterocycles. The molecule has 0 aromatic carbocycles. The van der Waals surface area contributed by atoms with Crippen molar-refractivity contribution in [2.75, 3.05) is 7.11 Å². The van der Waals surface area contributed by atoms with E-state index in [-0.39, 0.29) is 89.5 Å². The molecular weight excluding hydrogens is 707 g/mol. The zero-order chi connectivity index (χ0) is 39.2. The molecular formula is C41H70NaO12. The van der Waals surface area contributed by atoms with E-state index in [1.807, 2.05) is 27.7 Å². The van der Waals surface area contributed by atoms with Crippen molar-refractivity contribution in [3.63, 3.8) is 0 Å². The number of methoxy groups -OCH3 is 1. The number of ether oxygens (including phenoxy) is 7. The molecule has 21 unspecified atom stereocenters. The van der Waals surface area contributed by atoms with Crippen LogP contribution in [0.3, 0.4) is 0 Å². The number of carbonyl (C=O) groups is 1. The molecule has 6 aliphatic rings. The molecule has 0 bridgehead atoms. The van der Waals surface area contributed by atoms with Crippen molar-refractivity contribution in [3.05, 3.63) is 0 Å². The van der Waals surface area contributed by atoms with Crippen LogP contribution in [0, 0.1) is 47.3 Å². The number of hydrogen-bond acceptors (Lipinski definition) is 11. The predicted molar refractivity (Wildman–Crippen MR) is 200 cm³/mol. The Kier molecular flexibility index (Phi) is 13.3. The first-order chi connectivity index (χ1) is 24.5. The molecule has 0 saturated carbocycles. The van der Waals surface area contributed by atoms with Gasteiger partial charge in [-0.25, -0.2) is 0 Å². The van der Waals surface area contributed by atoms with E-state index >= 15 is 0 Å². The monoisotopic (exact) mass is 777 g/mol. The van der Waals surface area contributed by atoms with Gasteiger partial charge in [-0.1, -0.05) is 48.5 Å². The SMILES string of the molecule is COC1C(C)C(C(C)C2OC3(CCC(C)(C4CCC(C)(C5OC(C6OC(C)(O)C(C)CC6C)CC5C)O4)O3)CC(O)C2C)OC(O)(C(C)C(=O)O)C1C.[Na]. The Bertz CT molecular complexity index is 1340. The Morgan fingerprint density at radius 1 is 0.833 bits per heavy atom. The molecule has 13 heteroatoms. The summed E-state index contributed by atoms with van der Waals surface area (Å²) in [7, 11) is 1.58. The standard InChI is InChI=1S/C41H70O12.Na/c1-20-17-22(3)39(11,45)50-31(20)29-18-21(2)35(48-29)38(10)14-13-30(49-38)37(9)15-16-40(53-37)19-28(42)23(4)32(51-40)24(5)33-25(6)34(47-12)26(7)41(46,52-33)27(8)36(43)44;/h20-35,42,45-46H,13-19H2,1-12H3,(H,43,44);. The third kappa shape index (κ3) is 7.79. The summed E-state index contributed by atoms with van der Waals surface area (Å²) < 4.78 is 46.4. The van der Waals surface area contributed by atoms with Gasteiger partial charge in [0.05, 0.1) is 60.0 Å². The van der Waals surface area contributed by atoms with Crippen LogP contribution in [-0.2, 0) is 38.0 Å². The average molecular weight is 778 g/mol. The molecule has 4 N–H and O–H groups in total. The summed E-state index contributed by atoms with van der Waals surface area (Å²) in [6, 6.07) is 0. The van der Waals surface area contributed by atoms with E-state index in [1.54, 1.807) is 21.0 Å². The topological polar surface area (TPSA) is 163 Å². The molecule has 6 rings (SSSR count). The van der Waals surface area contributed by atoms with Crippen LogP contribution < -0.4 is 0 Å². The predicted octanol–water partition coefficient (Wildman–Crippen LogP) is 4.89.